The van der Waals surface area contributed by atoms with Gasteiger partial charge in [0.15, 0.2) is 17.5 Å². The maximum absolute atomic E-state index is 9.85. The van der Waals surface area contributed by atoms with E-state index in [1.165, 1.54) is 0 Å². The van der Waals surface area contributed by atoms with Crippen LogP contribution in [0.15, 0.2) is 146 Å². The Hall–Kier alpha value is -6.38. The molecule has 48 heavy (non-hydrogen) atoms. The van der Waals surface area contributed by atoms with Crippen LogP contribution in [0.4, 0.5) is 0 Å². The average Bonchev–Trinajstić information content (AvgIpc) is 3.15. The van der Waals surface area contributed by atoms with Crippen molar-refractivity contribution in [2.45, 2.75) is 19.3 Å². The summed E-state index contributed by atoms with van der Waals surface area (Å²) in [5, 5.41) is 9.85. The van der Waals surface area contributed by atoms with Gasteiger partial charge in [0.2, 0.25) is 0 Å². The summed E-state index contributed by atoms with van der Waals surface area (Å²) in [5.74, 6) is 2.98. The molecule has 0 unspecified atom stereocenters. The van der Waals surface area contributed by atoms with Gasteiger partial charge in [0.1, 0.15) is 17.6 Å². The van der Waals surface area contributed by atoms with Gasteiger partial charge >= 0.3 is 0 Å². The van der Waals surface area contributed by atoms with Crippen LogP contribution < -0.4 is 4.74 Å². The Morgan fingerprint density at radius 3 is 1.50 bits per heavy atom. The first-order chi connectivity index (χ1) is 23.5. The highest BCUT2D eigenvalue weighted by molar-refractivity contribution is 5.75. The maximum Gasteiger partial charge on any atom is 0.164 e. The molecule has 0 saturated carbocycles. The van der Waals surface area contributed by atoms with E-state index in [2.05, 4.69) is 74.5 Å². The van der Waals surface area contributed by atoms with E-state index in [0.29, 0.717) is 34.5 Å². The van der Waals surface area contributed by atoms with Gasteiger partial charge in [0.05, 0.1) is 5.56 Å². The molecule has 8 rings (SSSR count). The van der Waals surface area contributed by atoms with Gasteiger partial charge < -0.3 is 4.74 Å². The van der Waals surface area contributed by atoms with Crippen molar-refractivity contribution in [1.82, 2.24) is 15.0 Å². The van der Waals surface area contributed by atoms with Crippen molar-refractivity contribution in [2.24, 2.45) is 0 Å². The van der Waals surface area contributed by atoms with Gasteiger partial charge in [-0.1, -0.05) is 135 Å². The normalized spacial score (nSPS) is 12.7. The number of ether oxygens (including phenoxy) is 1. The molecule has 0 spiro atoms. The Bertz CT molecular complexity index is 2260. The van der Waals surface area contributed by atoms with Gasteiger partial charge in [-0.25, -0.2) is 15.0 Å². The third-order valence-electron chi connectivity index (χ3n) is 9.03. The summed E-state index contributed by atoms with van der Waals surface area (Å²) in [6.07, 6.45) is 0. The minimum atomic E-state index is -0.362. The summed E-state index contributed by atoms with van der Waals surface area (Å²) in [4.78, 5) is 15.1. The molecule has 5 nitrogen and oxygen atoms in total. The third-order valence-corrected chi connectivity index (χ3v) is 9.03. The lowest BCUT2D eigenvalue weighted by atomic mass is 9.75. The lowest BCUT2D eigenvalue weighted by molar-refractivity contribution is 0.417. The fraction of sp³-hybridized carbons (Fsp3) is 0.0698. The number of hydrogen-bond acceptors (Lipinski definition) is 5. The van der Waals surface area contributed by atoms with Crippen LogP contribution >= 0.6 is 0 Å². The summed E-state index contributed by atoms with van der Waals surface area (Å²) >= 11 is 0. The van der Waals surface area contributed by atoms with E-state index in [1.54, 1.807) is 6.07 Å². The molecule has 1 aromatic heterocycles. The smallest absolute Gasteiger partial charge is 0.164 e. The quantitative estimate of drug-likeness (QED) is 0.192. The molecule has 5 heteroatoms. The van der Waals surface area contributed by atoms with Crippen LogP contribution in [-0.2, 0) is 5.41 Å². The van der Waals surface area contributed by atoms with Crippen molar-refractivity contribution in [3.05, 3.63) is 162 Å². The van der Waals surface area contributed by atoms with E-state index in [0.717, 1.165) is 50.1 Å². The van der Waals surface area contributed by atoms with Crippen LogP contribution in [0.1, 0.15) is 30.5 Å². The van der Waals surface area contributed by atoms with Crippen molar-refractivity contribution in [3.63, 3.8) is 0 Å². The van der Waals surface area contributed by atoms with E-state index in [1.807, 2.05) is 84.9 Å². The van der Waals surface area contributed by atoms with Gasteiger partial charge in [-0.15, -0.1) is 0 Å². The van der Waals surface area contributed by atoms with E-state index >= 15 is 0 Å². The van der Waals surface area contributed by atoms with Gasteiger partial charge in [0, 0.05) is 33.2 Å². The van der Waals surface area contributed by atoms with Crippen LogP contribution in [0.3, 0.4) is 0 Å². The summed E-state index contributed by atoms with van der Waals surface area (Å²) in [7, 11) is 0. The molecule has 0 N–H and O–H groups in total. The fourth-order valence-corrected chi connectivity index (χ4v) is 6.44. The molecule has 228 valence electrons. The highest BCUT2D eigenvalue weighted by atomic mass is 16.5. The molecule has 0 amide bonds. The second-order valence-electron chi connectivity index (χ2n) is 12.4. The summed E-state index contributed by atoms with van der Waals surface area (Å²) in [6.45, 7) is 4.32. The van der Waals surface area contributed by atoms with E-state index in [4.69, 9.17) is 19.7 Å². The van der Waals surface area contributed by atoms with Crippen LogP contribution in [0.5, 0.6) is 11.5 Å². The zero-order chi connectivity index (χ0) is 32.7. The molecule has 0 fully saturated rings. The lowest BCUT2D eigenvalue weighted by Gasteiger charge is -2.35. The molecule has 0 atom stereocenters. The van der Waals surface area contributed by atoms with Gasteiger partial charge in [-0.2, -0.15) is 5.26 Å². The number of nitriles is 1. The number of rotatable bonds is 5. The van der Waals surface area contributed by atoms with E-state index in [9.17, 15) is 5.26 Å². The molecular weight excluding hydrogens is 589 g/mol. The summed E-state index contributed by atoms with van der Waals surface area (Å²) in [6, 6.07) is 51.3. The van der Waals surface area contributed by atoms with Crippen LogP contribution in [0.25, 0.3) is 56.4 Å². The molecular formula is C43H30N4O. The molecule has 7 aromatic rings. The van der Waals surface area contributed by atoms with E-state index < -0.39 is 0 Å². The Morgan fingerprint density at radius 1 is 0.479 bits per heavy atom. The first kappa shape index (κ1) is 29.1. The van der Waals surface area contributed by atoms with E-state index in [-0.39, 0.29) is 5.41 Å². The SMILES string of the molecule is CC1(C)c2ccc(-c3nc(-c4cccc(-c5ccccc5)c4)nc(-c4cccc(-c5ccccc5)c4)n3)cc2Oc2c(C#N)cccc21. The van der Waals surface area contributed by atoms with Gasteiger partial charge in [0.25, 0.3) is 0 Å². The van der Waals surface area contributed by atoms with Gasteiger partial charge in [-0.05, 0) is 46.5 Å². The topological polar surface area (TPSA) is 71.7 Å². The van der Waals surface area contributed by atoms with Crippen molar-refractivity contribution in [3.8, 4) is 74.0 Å². The number of para-hydroxylation sites is 1. The molecule has 0 aliphatic carbocycles. The Labute approximate surface area is 279 Å². The Kier molecular flexibility index (Phi) is 7.12. The standard InChI is InChI=1S/C43H30N4O/c1-43(2)36-23-22-34(26-38(36)48-39-35(27-44)20-11-21-37(39)43)42-46-40(32-18-9-16-30(24-32)28-12-5-3-6-13-28)45-41(47-42)33-19-10-17-31(25-33)29-14-7-4-8-15-29/h3-26H,1-2H3. The second kappa shape index (κ2) is 11.8. The molecule has 1 aliphatic heterocycles. The molecule has 0 saturated heterocycles. The van der Waals surface area contributed by atoms with Crippen LogP contribution in [0, 0.1) is 11.3 Å². The van der Waals surface area contributed by atoms with Crippen LogP contribution in [-0.4, -0.2) is 15.0 Å². The minimum Gasteiger partial charge on any atom is -0.455 e. The molecule has 1 aliphatic rings. The highest BCUT2D eigenvalue weighted by Gasteiger charge is 2.35. The van der Waals surface area contributed by atoms with Crippen molar-refractivity contribution in [1.29, 1.82) is 5.26 Å². The molecule has 0 bridgehead atoms. The Morgan fingerprint density at radius 2 is 0.958 bits per heavy atom. The van der Waals surface area contributed by atoms with Crippen molar-refractivity contribution < 1.29 is 4.74 Å². The lowest BCUT2D eigenvalue weighted by Crippen LogP contribution is -2.24. The highest BCUT2D eigenvalue weighted by Crippen LogP contribution is 2.49. The zero-order valence-corrected chi connectivity index (χ0v) is 26.6. The fourth-order valence-electron chi connectivity index (χ4n) is 6.44. The number of hydrogen-bond donors (Lipinski definition) is 0. The monoisotopic (exact) mass is 618 g/mol. The summed E-state index contributed by atoms with van der Waals surface area (Å²) < 4.78 is 6.46. The van der Waals surface area contributed by atoms with Crippen LogP contribution in [0.2, 0.25) is 0 Å². The number of nitrogens with zero attached hydrogens (tertiary/aromatic N) is 4. The molecule has 6 aromatic carbocycles. The predicted molar refractivity (Wildman–Crippen MR) is 190 cm³/mol. The number of aromatic nitrogens is 3. The second-order valence-corrected chi connectivity index (χ2v) is 12.4. The van der Waals surface area contributed by atoms with Gasteiger partial charge in [-0.3, -0.25) is 0 Å². The molecule has 2 heterocycles. The number of fused-ring (bicyclic) bond motifs is 2. The maximum atomic E-state index is 9.85. The zero-order valence-electron chi connectivity index (χ0n) is 26.6. The number of benzene rings is 6. The summed E-state index contributed by atoms with van der Waals surface area (Å²) in [5.41, 5.74) is 9.16. The largest absolute Gasteiger partial charge is 0.455 e. The van der Waals surface area contributed by atoms with Crippen molar-refractivity contribution >= 4 is 0 Å². The minimum absolute atomic E-state index is 0.362. The molecule has 0 radical (unpaired) electrons. The first-order valence-electron chi connectivity index (χ1n) is 15.9. The third kappa shape index (κ3) is 5.20. The average molecular weight is 619 g/mol. The van der Waals surface area contributed by atoms with Crippen molar-refractivity contribution in [2.75, 3.05) is 0 Å². The first-order valence-corrected chi connectivity index (χ1v) is 15.9. The predicted octanol–water partition coefficient (Wildman–Crippen LogP) is 10.5. The Balaban J connectivity index is 1.28.